The highest BCUT2D eigenvalue weighted by molar-refractivity contribution is 6.35. The van der Waals surface area contributed by atoms with Crippen molar-refractivity contribution in [1.82, 2.24) is 5.32 Å². The predicted molar refractivity (Wildman–Crippen MR) is 87.0 cm³/mol. The van der Waals surface area contributed by atoms with Gasteiger partial charge in [-0.05, 0) is 24.6 Å². The molecule has 0 aromatic heterocycles. The van der Waals surface area contributed by atoms with Crippen LogP contribution in [0.1, 0.15) is 33.1 Å². The molecule has 0 aliphatic heterocycles. The SMILES string of the molecule is CCCCC(=O)NCCN(C(C)=O)c1cc(Cl)cc(Cl)c1. The van der Waals surface area contributed by atoms with Crippen molar-refractivity contribution in [2.45, 2.75) is 33.1 Å². The van der Waals surface area contributed by atoms with Crippen LogP contribution in [0, 0.1) is 0 Å². The van der Waals surface area contributed by atoms with Crippen LogP contribution in [0.15, 0.2) is 18.2 Å². The lowest BCUT2D eigenvalue weighted by Crippen LogP contribution is -2.37. The highest BCUT2D eigenvalue weighted by Crippen LogP contribution is 2.25. The molecule has 0 heterocycles. The minimum atomic E-state index is -0.129. The van der Waals surface area contributed by atoms with Crippen molar-refractivity contribution in [2.75, 3.05) is 18.0 Å². The number of unbranched alkanes of at least 4 members (excludes halogenated alkanes) is 1. The lowest BCUT2D eigenvalue weighted by atomic mass is 10.2. The Morgan fingerprint density at radius 1 is 1.19 bits per heavy atom. The molecular formula is C15H20Cl2N2O2. The maximum Gasteiger partial charge on any atom is 0.223 e. The van der Waals surface area contributed by atoms with Gasteiger partial charge < -0.3 is 10.2 Å². The van der Waals surface area contributed by atoms with Crippen molar-refractivity contribution < 1.29 is 9.59 Å². The number of nitrogens with zero attached hydrogens (tertiary/aromatic N) is 1. The van der Waals surface area contributed by atoms with Gasteiger partial charge in [-0.2, -0.15) is 0 Å². The summed E-state index contributed by atoms with van der Waals surface area (Å²) in [5, 5.41) is 3.74. The predicted octanol–water partition coefficient (Wildman–Crippen LogP) is 3.65. The minimum Gasteiger partial charge on any atom is -0.354 e. The zero-order chi connectivity index (χ0) is 15.8. The number of hydrogen-bond acceptors (Lipinski definition) is 2. The van der Waals surface area contributed by atoms with E-state index in [4.69, 9.17) is 23.2 Å². The van der Waals surface area contributed by atoms with Crippen molar-refractivity contribution in [1.29, 1.82) is 0 Å². The number of halogens is 2. The molecule has 4 nitrogen and oxygen atoms in total. The Morgan fingerprint density at radius 2 is 1.81 bits per heavy atom. The Kier molecular flexibility index (Phi) is 7.54. The van der Waals surface area contributed by atoms with Crippen LogP contribution in [0.25, 0.3) is 0 Å². The summed E-state index contributed by atoms with van der Waals surface area (Å²) in [6.07, 6.45) is 2.36. The van der Waals surface area contributed by atoms with Gasteiger partial charge in [0.05, 0.1) is 0 Å². The molecule has 0 fully saturated rings. The van der Waals surface area contributed by atoms with Gasteiger partial charge in [0.15, 0.2) is 0 Å². The fourth-order valence-electron chi connectivity index (χ4n) is 1.90. The van der Waals surface area contributed by atoms with E-state index in [0.29, 0.717) is 35.2 Å². The molecule has 0 saturated carbocycles. The quantitative estimate of drug-likeness (QED) is 0.829. The summed E-state index contributed by atoms with van der Waals surface area (Å²) in [6.45, 7) is 4.28. The van der Waals surface area contributed by atoms with Gasteiger partial charge in [0.2, 0.25) is 11.8 Å². The van der Waals surface area contributed by atoms with E-state index in [9.17, 15) is 9.59 Å². The normalized spacial score (nSPS) is 10.3. The Hall–Kier alpha value is -1.26. The number of hydrogen-bond donors (Lipinski definition) is 1. The smallest absolute Gasteiger partial charge is 0.223 e. The average molecular weight is 331 g/mol. The molecule has 2 amide bonds. The van der Waals surface area contributed by atoms with Gasteiger partial charge in [0.1, 0.15) is 0 Å². The number of nitrogens with one attached hydrogen (secondary N) is 1. The van der Waals surface area contributed by atoms with Gasteiger partial charge in [-0.25, -0.2) is 0 Å². The maximum atomic E-state index is 11.7. The van der Waals surface area contributed by atoms with Crippen LogP contribution in [0.4, 0.5) is 5.69 Å². The second-order valence-corrected chi connectivity index (χ2v) is 5.62. The maximum absolute atomic E-state index is 11.7. The Labute approximate surface area is 135 Å². The summed E-state index contributed by atoms with van der Waals surface area (Å²) < 4.78 is 0. The van der Waals surface area contributed by atoms with E-state index in [1.165, 1.54) is 11.8 Å². The molecule has 1 aromatic carbocycles. The summed E-state index contributed by atoms with van der Waals surface area (Å²) >= 11 is 11.9. The van der Waals surface area contributed by atoms with Crippen molar-refractivity contribution in [3.8, 4) is 0 Å². The van der Waals surface area contributed by atoms with Gasteiger partial charge in [-0.15, -0.1) is 0 Å². The summed E-state index contributed by atoms with van der Waals surface area (Å²) in [6, 6.07) is 4.96. The van der Waals surface area contributed by atoms with Crippen LogP contribution in [0.5, 0.6) is 0 Å². The lowest BCUT2D eigenvalue weighted by molar-refractivity contribution is -0.121. The van der Waals surface area contributed by atoms with Crippen molar-refractivity contribution in [3.63, 3.8) is 0 Å². The van der Waals surface area contributed by atoms with Crippen LogP contribution in [0.2, 0.25) is 10.0 Å². The van der Waals surface area contributed by atoms with E-state index >= 15 is 0 Å². The van der Waals surface area contributed by atoms with E-state index in [1.54, 1.807) is 18.2 Å². The molecule has 0 atom stereocenters. The third kappa shape index (κ3) is 6.36. The van der Waals surface area contributed by atoms with E-state index < -0.39 is 0 Å². The molecule has 0 spiro atoms. The summed E-state index contributed by atoms with van der Waals surface area (Å²) in [5.41, 5.74) is 0.628. The van der Waals surface area contributed by atoms with Crippen molar-refractivity contribution >= 4 is 40.7 Å². The number of carbonyl (C=O) groups is 2. The molecule has 0 unspecified atom stereocenters. The molecule has 1 rings (SSSR count). The highest BCUT2D eigenvalue weighted by Gasteiger charge is 2.13. The average Bonchev–Trinajstić information content (AvgIpc) is 2.39. The molecule has 1 N–H and O–H groups in total. The Balaban J connectivity index is 2.62. The third-order valence-corrected chi connectivity index (χ3v) is 3.39. The number of rotatable bonds is 7. The standard InChI is InChI=1S/C15H20Cl2N2O2/c1-3-4-5-15(21)18-6-7-19(11(2)20)14-9-12(16)8-13(17)10-14/h8-10H,3-7H2,1-2H3,(H,18,21). The van der Waals surface area contributed by atoms with E-state index in [0.717, 1.165) is 12.8 Å². The van der Waals surface area contributed by atoms with E-state index in [1.807, 2.05) is 6.92 Å². The topological polar surface area (TPSA) is 49.4 Å². The van der Waals surface area contributed by atoms with Crippen molar-refractivity contribution in [3.05, 3.63) is 28.2 Å². The molecule has 0 aliphatic rings. The lowest BCUT2D eigenvalue weighted by Gasteiger charge is -2.22. The monoisotopic (exact) mass is 330 g/mol. The Morgan fingerprint density at radius 3 is 2.33 bits per heavy atom. The van der Waals surface area contributed by atoms with Crippen LogP contribution < -0.4 is 10.2 Å². The van der Waals surface area contributed by atoms with Gasteiger partial charge in [-0.1, -0.05) is 36.5 Å². The van der Waals surface area contributed by atoms with Crippen LogP contribution >= 0.6 is 23.2 Å². The fourth-order valence-corrected chi connectivity index (χ4v) is 2.41. The molecule has 0 aliphatic carbocycles. The van der Waals surface area contributed by atoms with Crippen LogP contribution in [-0.4, -0.2) is 24.9 Å². The van der Waals surface area contributed by atoms with E-state index in [2.05, 4.69) is 5.32 Å². The molecule has 116 valence electrons. The molecule has 6 heteroatoms. The second-order valence-electron chi connectivity index (χ2n) is 4.75. The first-order valence-corrected chi connectivity index (χ1v) is 7.70. The first-order chi connectivity index (χ1) is 9.93. The van der Waals surface area contributed by atoms with Gasteiger partial charge >= 0.3 is 0 Å². The first kappa shape index (κ1) is 17.8. The third-order valence-electron chi connectivity index (χ3n) is 2.95. The van der Waals surface area contributed by atoms with Crippen LogP contribution in [-0.2, 0) is 9.59 Å². The van der Waals surface area contributed by atoms with Gasteiger partial charge in [0.25, 0.3) is 0 Å². The minimum absolute atomic E-state index is 0.00415. The Bertz CT molecular complexity index is 486. The molecule has 0 radical (unpaired) electrons. The molecule has 1 aromatic rings. The molecular weight excluding hydrogens is 311 g/mol. The van der Waals surface area contributed by atoms with Gasteiger partial charge in [0, 0.05) is 42.2 Å². The number of amides is 2. The van der Waals surface area contributed by atoms with Gasteiger partial charge in [-0.3, -0.25) is 9.59 Å². The summed E-state index contributed by atoms with van der Waals surface area (Å²) in [4.78, 5) is 24.8. The first-order valence-electron chi connectivity index (χ1n) is 6.95. The summed E-state index contributed by atoms with van der Waals surface area (Å²) in [7, 11) is 0. The van der Waals surface area contributed by atoms with Crippen molar-refractivity contribution in [2.24, 2.45) is 0 Å². The molecule has 0 bridgehead atoms. The van der Waals surface area contributed by atoms with E-state index in [-0.39, 0.29) is 11.8 Å². The number of anilines is 1. The van der Waals surface area contributed by atoms with Crippen LogP contribution in [0.3, 0.4) is 0 Å². The zero-order valence-corrected chi connectivity index (χ0v) is 13.8. The highest BCUT2D eigenvalue weighted by atomic mass is 35.5. The number of carbonyl (C=O) groups excluding carboxylic acids is 2. The zero-order valence-electron chi connectivity index (χ0n) is 12.3. The summed E-state index contributed by atoms with van der Waals surface area (Å²) in [5.74, 6) is -0.124. The molecule has 21 heavy (non-hydrogen) atoms. The fraction of sp³-hybridized carbons (Fsp3) is 0.467. The number of benzene rings is 1. The molecule has 0 saturated heterocycles. The second kappa shape index (κ2) is 8.90. The largest absolute Gasteiger partial charge is 0.354 e.